The summed E-state index contributed by atoms with van der Waals surface area (Å²) in [5.74, 6) is -4.69. The first-order valence-corrected chi connectivity index (χ1v) is 10.1. The van der Waals surface area contributed by atoms with Gasteiger partial charge in [0.25, 0.3) is 0 Å². The summed E-state index contributed by atoms with van der Waals surface area (Å²) in [4.78, 5) is 62.9. The number of carboxylic acids is 1. The maximum Gasteiger partial charge on any atom is 0.326 e. The van der Waals surface area contributed by atoms with Crippen molar-refractivity contribution in [2.24, 2.45) is 33.8 Å². The van der Waals surface area contributed by atoms with Gasteiger partial charge in [-0.2, -0.15) is 0 Å². The summed E-state index contributed by atoms with van der Waals surface area (Å²) in [7, 11) is 0. The average Bonchev–Trinajstić information content (AvgIpc) is 2.71. The van der Waals surface area contributed by atoms with Crippen LogP contribution in [-0.2, 0) is 24.0 Å². The minimum absolute atomic E-state index is 0.0552. The van der Waals surface area contributed by atoms with Gasteiger partial charge in [-0.15, -0.1) is 0 Å². The highest BCUT2D eigenvalue weighted by Crippen LogP contribution is 2.06. The Bertz CT molecular complexity index is 710. The fraction of sp³-hybridized carbons (Fsp3) is 0.667. The van der Waals surface area contributed by atoms with Gasteiger partial charge in [-0.3, -0.25) is 24.2 Å². The molecule has 0 aromatic carbocycles. The second kappa shape index (κ2) is 14.6. The van der Waals surface area contributed by atoms with Crippen LogP contribution in [0.25, 0.3) is 0 Å². The van der Waals surface area contributed by atoms with E-state index in [2.05, 4.69) is 20.9 Å². The van der Waals surface area contributed by atoms with Gasteiger partial charge in [0.05, 0.1) is 19.0 Å². The molecule has 0 aliphatic heterocycles. The Morgan fingerprint density at radius 2 is 1.62 bits per heavy atom. The SMILES string of the molecule is CCC(C)C(N)C(=O)NC(CC(N)=O)C(=O)NCC(=O)NC(CCCN=C(N)N)C(=O)O. The van der Waals surface area contributed by atoms with Crippen LogP contribution in [0.3, 0.4) is 0 Å². The van der Waals surface area contributed by atoms with E-state index in [1.807, 2.05) is 6.92 Å². The fourth-order valence-electron chi connectivity index (χ4n) is 2.49. The average molecular weight is 459 g/mol. The molecular formula is C18H34N8O6. The quantitative estimate of drug-likeness (QED) is 0.0685. The molecule has 4 atom stereocenters. The van der Waals surface area contributed by atoms with E-state index >= 15 is 0 Å². The van der Waals surface area contributed by atoms with E-state index in [0.717, 1.165) is 0 Å². The Morgan fingerprint density at radius 1 is 1.00 bits per heavy atom. The second-order valence-electron chi connectivity index (χ2n) is 7.27. The number of carbonyl (C=O) groups excluding carboxylic acids is 4. The smallest absolute Gasteiger partial charge is 0.326 e. The molecule has 14 nitrogen and oxygen atoms in total. The summed E-state index contributed by atoms with van der Waals surface area (Å²) in [6, 6.07) is -3.46. The van der Waals surface area contributed by atoms with Crippen molar-refractivity contribution in [3.8, 4) is 0 Å². The minimum atomic E-state index is -1.34. The number of rotatable bonds is 15. The fourth-order valence-corrected chi connectivity index (χ4v) is 2.49. The molecule has 0 radical (unpaired) electrons. The van der Waals surface area contributed by atoms with Crippen LogP contribution in [0.1, 0.15) is 39.5 Å². The molecule has 0 fully saturated rings. The Balaban J connectivity index is 4.85. The number of nitrogens with two attached hydrogens (primary N) is 4. The summed E-state index contributed by atoms with van der Waals surface area (Å²) >= 11 is 0. The van der Waals surface area contributed by atoms with E-state index in [-0.39, 0.29) is 24.8 Å². The Hall–Kier alpha value is -3.42. The number of carboxylic acid groups (broad SMARTS) is 1. The number of amides is 4. The van der Waals surface area contributed by atoms with Gasteiger partial charge in [0.15, 0.2) is 5.96 Å². The van der Waals surface area contributed by atoms with Crippen LogP contribution in [0.2, 0.25) is 0 Å². The standard InChI is InChI=1S/C18H34N8O6/c1-3-9(2)14(20)16(30)26-11(7-12(19)27)15(29)24-8-13(28)25-10(17(31)32)5-4-6-23-18(21)22/h9-11,14H,3-8,20H2,1-2H3,(H2,19,27)(H,24,29)(H,25,28)(H,26,30)(H,31,32)(H4,21,22,23). The molecule has 12 N–H and O–H groups in total. The molecule has 14 heteroatoms. The van der Waals surface area contributed by atoms with Gasteiger partial charge in [-0.25, -0.2) is 4.79 Å². The van der Waals surface area contributed by atoms with Crippen LogP contribution in [0, 0.1) is 5.92 Å². The third-order valence-electron chi connectivity index (χ3n) is 4.60. The van der Waals surface area contributed by atoms with Gasteiger partial charge in [0, 0.05) is 6.54 Å². The monoisotopic (exact) mass is 458 g/mol. The predicted molar refractivity (Wildman–Crippen MR) is 116 cm³/mol. The van der Waals surface area contributed by atoms with Crippen molar-refractivity contribution < 1.29 is 29.1 Å². The van der Waals surface area contributed by atoms with Crippen molar-refractivity contribution >= 4 is 35.6 Å². The number of nitrogens with zero attached hydrogens (tertiary/aromatic N) is 1. The first kappa shape index (κ1) is 28.6. The van der Waals surface area contributed by atoms with Gasteiger partial charge in [-0.05, 0) is 18.8 Å². The maximum absolute atomic E-state index is 12.4. The molecule has 0 aromatic heterocycles. The first-order chi connectivity index (χ1) is 14.9. The molecule has 0 bridgehead atoms. The summed E-state index contributed by atoms with van der Waals surface area (Å²) in [5.41, 5.74) is 21.3. The van der Waals surface area contributed by atoms with Gasteiger partial charge < -0.3 is 44.0 Å². The van der Waals surface area contributed by atoms with Crippen LogP contribution < -0.4 is 38.9 Å². The van der Waals surface area contributed by atoms with Crippen molar-refractivity contribution in [3.63, 3.8) is 0 Å². The van der Waals surface area contributed by atoms with Crippen LogP contribution in [0.4, 0.5) is 0 Å². The first-order valence-electron chi connectivity index (χ1n) is 10.1. The summed E-state index contributed by atoms with van der Waals surface area (Å²) in [6.07, 6.45) is 0.470. The molecule has 4 unspecified atom stereocenters. The summed E-state index contributed by atoms with van der Waals surface area (Å²) in [6.45, 7) is 3.20. The number of hydrogen-bond donors (Lipinski definition) is 8. The Labute approximate surface area is 185 Å². The lowest BCUT2D eigenvalue weighted by Crippen LogP contribution is -2.55. The molecule has 0 saturated heterocycles. The second-order valence-corrected chi connectivity index (χ2v) is 7.27. The van der Waals surface area contributed by atoms with E-state index < -0.39 is 60.7 Å². The summed E-state index contributed by atoms with van der Waals surface area (Å²) in [5, 5.41) is 16.1. The zero-order valence-electron chi connectivity index (χ0n) is 18.3. The number of nitrogens with one attached hydrogen (secondary N) is 3. The third kappa shape index (κ3) is 11.7. The van der Waals surface area contributed by atoms with Gasteiger partial charge in [-0.1, -0.05) is 20.3 Å². The molecule has 0 spiro atoms. The van der Waals surface area contributed by atoms with Crippen molar-refractivity contribution in [1.29, 1.82) is 0 Å². The topological polar surface area (TPSA) is 258 Å². The molecule has 0 saturated carbocycles. The lowest BCUT2D eigenvalue weighted by atomic mass is 9.99. The molecule has 0 aliphatic rings. The Morgan fingerprint density at radius 3 is 2.12 bits per heavy atom. The normalized spacial score (nSPS) is 14.2. The van der Waals surface area contributed by atoms with Gasteiger partial charge in [0.1, 0.15) is 12.1 Å². The van der Waals surface area contributed by atoms with Crippen LogP contribution in [-0.4, -0.2) is 71.9 Å². The zero-order chi connectivity index (χ0) is 24.8. The zero-order valence-corrected chi connectivity index (χ0v) is 18.3. The number of aliphatic imine (C=N–C) groups is 1. The van der Waals surface area contributed by atoms with E-state index in [4.69, 9.17) is 22.9 Å². The third-order valence-corrected chi connectivity index (χ3v) is 4.60. The highest BCUT2D eigenvalue weighted by molar-refractivity contribution is 5.95. The van der Waals surface area contributed by atoms with Crippen LogP contribution in [0.15, 0.2) is 4.99 Å². The lowest BCUT2D eigenvalue weighted by molar-refractivity contribution is -0.142. The highest BCUT2D eigenvalue weighted by Gasteiger charge is 2.28. The van der Waals surface area contributed by atoms with E-state index in [1.165, 1.54) is 0 Å². The van der Waals surface area contributed by atoms with Gasteiger partial charge >= 0.3 is 5.97 Å². The number of hydrogen-bond acceptors (Lipinski definition) is 7. The largest absolute Gasteiger partial charge is 0.480 e. The number of primary amides is 1. The molecule has 32 heavy (non-hydrogen) atoms. The van der Waals surface area contributed by atoms with Crippen molar-refractivity contribution in [3.05, 3.63) is 0 Å². The van der Waals surface area contributed by atoms with E-state index in [0.29, 0.717) is 12.8 Å². The Kier molecular flexibility index (Phi) is 13.0. The van der Waals surface area contributed by atoms with E-state index in [1.54, 1.807) is 6.92 Å². The van der Waals surface area contributed by atoms with Crippen molar-refractivity contribution in [1.82, 2.24) is 16.0 Å². The molecular weight excluding hydrogens is 424 g/mol. The molecule has 4 amide bonds. The number of aliphatic carboxylic acids is 1. The number of carbonyl (C=O) groups is 5. The molecule has 0 heterocycles. The molecule has 0 rings (SSSR count). The summed E-state index contributed by atoms with van der Waals surface area (Å²) < 4.78 is 0. The molecule has 182 valence electrons. The highest BCUT2D eigenvalue weighted by atomic mass is 16.4. The van der Waals surface area contributed by atoms with E-state index in [9.17, 15) is 29.1 Å². The van der Waals surface area contributed by atoms with Crippen molar-refractivity contribution in [2.75, 3.05) is 13.1 Å². The van der Waals surface area contributed by atoms with Crippen molar-refractivity contribution in [2.45, 2.75) is 57.7 Å². The predicted octanol–water partition coefficient (Wildman–Crippen LogP) is -3.54. The maximum atomic E-state index is 12.4. The molecule has 0 aliphatic carbocycles. The van der Waals surface area contributed by atoms with Gasteiger partial charge in [0.2, 0.25) is 23.6 Å². The molecule has 0 aromatic rings. The van der Waals surface area contributed by atoms with Crippen LogP contribution in [0.5, 0.6) is 0 Å². The van der Waals surface area contributed by atoms with Crippen LogP contribution >= 0.6 is 0 Å². The lowest BCUT2D eigenvalue weighted by Gasteiger charge is -2.22. The number of guanidine groups is 1. The minimum Gasteiger partial charge on any atom is -0.480 e.